The number of para-hydroxylation sites is 1. The molecule has 0 radical (unpaired) electrons. The molecule has 0 aromatic heterocycles. The Labute approximate surface area is 109 Å². The third-order valence-corrected chi connectivity index (χ3v) is 2.43. The maximum atomic E-state index is 13.3. The topological polar surface area (TPSA) is 41.1 Å². The van der Waals surface area contributed by atoms with Gasteiger partial charge in [0.2, 0.25) is 5.91 Å². The van der Waals surface area contributed by atoms with Gasteiger partial charge in [0.05, 0.1) is 12.2 Å². The highest BCUT2D eigenvalue weighted by Crippen LogP contribution is 2.14. The molecule has 0 saturated carbocycles. The second kappa shape index (κ2) is 5.95. The van der Waals surface area contributed by atoms with E-state index in [1.165, 1.54) is 0 Å². The number of carbonyl (C=O) groups is 1. The highest BCUT2D eigenvalue weighted by atomic mass is 19.1. The van der Waals surface area contributed by atoms with Crippen molar-refractivity contribution in [1.29, 1.82) is 0 Å². The van der Waals surface area contributed by atoms with Crippen molar-refractivity contribution in [3.8, 4) is 0 Å². The standard InChI is InChI=1S/C14H12F2N2O/c15-10-6-7-12(16)13(8-10)17-9-14(19)18-11-4-2-1-3-5-11/h1-8,17H,9H2,(H,18,19). The molecule has 0 aliphatic carbocycles. The van der Waals surface area contributed by atoms with Crippen molar-refractivity contribution in [1.82, 2.24) is 0 Å². The van der Waals surface area contributed by atoms with Gasteiger partial charge in [0, 0.05) is 5.69 Å². The number of amides is 1. The van der Waals surface area contributed by atoms with Crippen molar-refractivity contribution in [3.63, 3.8) is 0 Å². The van der Waals surface area contributed by atoms with Crippen molar-refractivity contribution in [2.24, 2.45) is 0 Å². The molecule has 0 bridgehead atoms. The first-order chi connectivity index (χ1) is 9.15. The monoisotopic (exact) mass is 262 g/mol. The number of hydrogen-bond acceptors (Lipinski definition) is 2. The van der Waals surface area contributed by atoms with E-state index in [1.54, 1.807) is 24.3 Å². The predicted molar refractivity (Wildman–Crippen MR) is 69.9 cm³/mol. The van der Waals surface area contributed by atoms with Crippen molar-refractivity contribution >= 4 is 17.3 Å². The van der Waals surface area contributed by atoms with Crippen molar-refractivity contribution < 1.29 is 13.6 Å². The largest absolute Gasteiger partial charge is 0.374 e. The van der Waals surface area contributed by atoms with Crippen LogP contribution in [-0.2, 0) is 4.79 Å². The van der Waals surface area contributed by atoms with Crippen LogP contribution in [0.1, 0.15) is 0 Å². The summed E-state index contributed by atoms with van der Waals surface area (Å²) in [7, 11) is 0. The first-order valence-electron chi connectivity index (χ1n) is 5.69. The number of halogens is 2. The van der Waals surface area contributed by atoms with E-state index in [2.05, 4.69) is 10.6 Å². The van der Waals surface area contributed by atoms with Crippen LogP contribution in [0.25, 0.3) is 0 Å². The van der Waals surface area contributed by atoms with E-state index >= 15 is 0 Å². The van der Waals surface area contributed by atoms with Gasteiger partial charge >= 0.3 is 0 Å². The van der Waals surface area contributed by atoms with Gasteiger partial charge in [-0.3, -0.25) is 4.79 Å². The van der Waals surface area contributed by atoms with Gasteiger partial charge in [0.15, 0.2) is 0 Å². The maximum absolute atomic E-state index is 13.3. The Morgan fingerprint density at radius 3 is 2.53 bits per heavy atom. The molecule has 1 amide bonds. The summed E-state index contributed by atoms with van der Waals surface area (Å²) in [4.78, 5) is 11.6. The summed E-state index contributed by atoms with van der Waals surface area (Å²) in [6, 6.07) is 11.9. The molecule has 2 aromatic carbocycles. The Morgan fingerprint density at radius 1 is 1.05 bits per heavy atom. The van der Waals surface area contributed by atoms with E-state index < -0.39 is 11.6 Å². The molecule has 0 saturated heterocycles. The zero-order valence-corrected chi connectivity index (χ0v) is 9.99. The second-order valence-corrected chi connectivity index (χ2v) is 3.89. The minimum Gasteiger partial charge on any atom is -0.374 e. The summed E-state index contributed by atoms with van der Waals surface area (Å²) in [5.41, 5.74) is 0.609. The van der Waals surface area contributed by atoms with E-state index in [4.69, 9.17) is 0 Å². The minimum absolute atomic E-state index is 0.0387. The summed E-state index contributed by atoms with van der Waals surface area (Å²) in [5, 5.41) is 5.18. The van der Waals surface area contributed by atoms with E-state index in [0.29, 0.717) is 5.69 Å². The van der Waals surface area contributed by atoms with Gasteiger partial charge in [-0.1, -0.05) is 18.2 Å². The van der Waals surface area contributed by atoms with Gasteiger partial charge in [0.1, 0.15) is 11.6 Å². The molecule has 0 aliphatic heterocycles. The van der Waals surface area contributed by atoms with Gasteiger partial charge in [-0.15, -0.1) is 0 Å². The van der Waals surface area contributed by atoms with E-state index in [-0.39, 0.29) is 18.1 Å². The summed E-state index contributed by atoms with van der Waals surface area (Å²) in [6.07, 6.45) is 0. The number of carbonyl (C=O) groups excluding carboxylic acids is 1. The third kappa shape index (κ3) is 3.77. The first-order valence-corrected chi connectivity index (χ1v) is 5.69. The van der Waals surface area contributed by atoms with Crippen LogP contribution in [0.3, 0.4) is 0 Å². The number of benzene rings is 2. The van der Waals surface area contributed by atoms with Crippen LogP contribution in [-0.4, -0.2) is 12.5 Å². The second-order valence-electron chi connectivity index (χ2n) is 3.89. The average Bonchev–Trinajstić information content (AvgIpc) is 2.41. The van der Waals surface area contributed by atoms with Crippen molar-refractivity contribution in [3.05, 3.63) is 60.2 Å². The molecule has 3 nitrogen and oxygen atoms in total. The molecule has 5 heteroatoms. The lowest BCUT2D eigenvalue weighted by Crippen LogP contribution is -2.22. The normalized spacial score (nSPS) is 10.0. The summed E-state index contributed by atoms with van der Waals surface area (Å²) in [5.74, 6) is -1.50. The molecular weight excluding hydrogens is 250 g/mol. The fourth-order valence-electron chi connectivity index (χ4n) is 1.54. The van der Waals surface area contributed by atoms with Crippen molar-refractivity contribution in [2.75, 3.05) is 17.2 Å². The maximum Gasteiger partial charge on any atom is 0.243 e. The van der Waals surface area contributed by atoms with Crippen LogP contribution in [0, 0.1) is 11.6 Å². The molecule has 2 N–H and O–H groups in total. The smallest absolute Gasteiger partial charge is 0.243 e. The van der Waals surface area contributed by atoms with Crippen LogP contribution >= 0.6 is 0 Å². The summed E-state index contributed by atoms with van der Waals surface area (Å²) >= 11 is 0. The Morgan fingerprint density at radius 2 is 1.79 bits per heavy atom. The summed E-state index contributed by atoms with van der Waals surface area (Å²) < 4.78 is 26.2. The lowest BCUT2D eigenvalue weighted by atomic mass is 10.3. The van der Waals surface area contributed by atoms with Crippen LogP contribution in [0.4, 0.5) is 20.2 Å². The fraction of sp³-hybridized carbons (Fsp3) is 0.0714. The SMILES string of the molecule is O=C(CNc1cc(F)ccc1F)Nc1ccccc1. The molecule has 2 rings (SSSR count). The van der Waals surface area contributed by atoms with E-state index in [1.807, 2.05) is 6.07 Å². The van der Waals surface area contributed by atoms with Crippen molar-refractivity contribution in [2.45, 2.75) is 0 Å². The quantitative estimate of drug-likeness (QED) is 0.889. The van der Waals surface area contributed by atoms with E-state index in [9.17, 15) is 13.6 Å². The molecular formula is C14H12F2N2O. The Balaban J connectivity index is 1.92. The van der Waals surface area contributed by atoms with Gasteiger partial charge in [0.25, 0.3) is 0 Å². The number of anilines is 2. The molecule has 0 heterocycles. The zero-order chi connectivity index (χ0) is 13.7. The fourth-order valence-corrected chi connectivity index (χ4v) is 1.54. The Bertz CT molecular complexity index is 573. The van der Waals surface area contributed by atoms with Gasteiger partial charge in [-0.25, -0.2) is 8.78 Å². The van der Waals surface area contributed by atoms with Gasteiger partial charge in [-0.2, -0.15) is 0 Å². The Hall–Kier alpha value is -2.43. The zero-order valence-electron chi connectivity index (χ0n) is 9.99. The average molecular weight is 262 g/mol. The lowest BCUT2D eigenvalue weighted by Gasteiger charge is -2.08. The summed E-state index contributed by atoms with van der Waals surface area (Å²) in [6.45, 7) is -0.144. The van der Waals surface area contributed by atoms with Crippen LogP contribution < -0.4 is 10.6 Å². The molecule has 0 fully saturated rings. The molecule has 0 aliphatic rings. The molecule has 19 heavy (non-hydrogen) atoms. The van der Waals surface area contributed by atoms with E-state index in [0.717, 1.165) is 18.2 Å². The van der Waals surface area contributed by atoms with Crippen LogP contribution in [0.2, 0.25) is 0 Å². The third-order valence-electron chi connectivity index (χ3n) is 2.43. The minimum atomic E-state index is -0.603. The van der Waals surface area contributed by atoms with Crippen LogP contribution in [0.5, 0.6) is 0 Å². The Kier molecular flexibility index (Phi) is 4.07. The van der Waals surface area contributed by atoms with Crippen LogP contribution in [0.15, 0.2) is 48.5 Å². The molecule has 2 aromatic rings. The molecule has 98 valence electrons. The highest BCUT2D eigenvalue weighted by molar-refractivity contribution is 5.93. The number of rotatable bonds is 4. The molecule has 0 unspecified atom stereocenters. The van der Waals surface area contributed by atoms with Gasteiger partial charge < -0.3 is 10.6 Å². The number of nitrogens with one attached hydrogen (secondary N) is 2. The predicted octanol–water partition coefficient (Wildman–Crippen LogP) is 3.02. The highest BCUT2D eigenvalue weighted by Gasteiger charge is 2.06. The van der Waals surface area contributed by atoms with Gasteiger partial charge in [-0.05, 0) is 30.3 Å². The first kappa shape index (κ1) is 13.0. The molecule has 0 atom stereocenters. The molecule has 0 spiro atoms. The number of hydrogen-bond donors (Lipinski definition) is 2. The lowest BCUT2D eigenvalue weighted by molar-refractivity contribution is -0.114.